The Morgan fingerprint density at radius 1 is 1.11 bits per heavy atom. The predicted octanol–water partition coefficient (Wildman–Crippen LogP) is 3.50. The number of ether oxygens (including phenoxy) is 1. The summed E-state index contributed by atoms with van der Waals surface area (Å²) in [6.45, 7) is 5.95. The summed E-state index contributed by atoms with van der Waals surface area (Å²) in [5.74, 6) is 1.52. The summed E-state index contributed by atoms with van der Waals surface area (Å²) in [6.07, 6.45) is 7.55. The van der Waals surface area contributed by atoms with Gasteiger partial charge in [0.15, 0.2) is 0 Å². The highest BCUT2D eigenvalue weighted by Crippen LogP contribution is 2.29. The lowest BCUT2D eigenvalue weighted by Gasteiger charge is -2.17. The van der Waals surface area contributed by atoms with Gasteiger partial charge in [0, 0.05) is 43.4 Å². The van der Waals surface area contributed by atoms with Crippen LogP contribution in [-0.4, -0.2) is 50.7 Å². The molecule has 3 N–H and O–H groups in total. The van der Waals surface area contributed by atoms with E-state index in [9.17, 15) is 4.79 Å². The quantitative estimate of drug-likeness (QED) is 0.421. The number of hydrogen-bond donors (Lipinski definition) is 2. The number of pyridine rings is 2. The third-order valence-corrected chi connectivity index (χ3v) is 6.33. The summed E-state index contributed by atoms with van der Waals surface area (Å²) >= 11 is 0. The van der Waals surface area contributed by atoms with Crippen LogP contribution in [-0.2, 0) is 7.05 Å². The third kappa shape index (κ3) is 4.95. The van der Waals surface area contributed by atoms with Gasteiger partial charge in [-0.15, -0.1) is 0 Å². The second-order valence-corrected chi connectivity index (χ2v) is 8.88. The maximum atomic E-state index is 13.0. The van der Waals surface area contributed by atoms with E-state index in [1.165, 1.54) is 12.8 Å². The summed E-state index contributed by atoms with van der Waals surface area (Å²) in [4.78, 5) is 28.3. The Balaban J connectivity index is 1.44. The van der Waals surface area contributed by atoms with Crippen LogP contribution in [0.25, 0.3) is 22.0 Å². The molecule has 0 amide bonds. The lowest BCUT2D eigenvalue weighted by molar-refractivity contribution is 0.237. The number of nitrogens with one attached hydrogen (secondary N) is 1. The first-order valence-electron chi connectivity index (χ1n) is 11.8. The molecule has 3 aromatic heterocycles. The van der Waals surface area contributed by atoms with Crippen LogP contribution < -0.4 is 21.3 Å². The van der Waals surface area contributed by atoms with Crippen LogP contribution in [0.2, 0.25) is 0 Å². The van der Waals surface area contributed by atoms with Crippen molar-refractivity contribution in [3.05, 3.63) is 64.8 Å². The Morgan fingerprint density at radius 3 is 2.63 bits per heavy atom. The highest BCUT2D eigenvalue weighted by Gasteiger charge is 2.14. The number of aryl methyl sites for hydroxylation is 2. The Morgan fingerprint density at radius 2 is 1.89 bits per heavy atom. The number of likely N-dealkylation sites (tertiary alicyclic amines) is 1. The fraction of sp³-hybridized carbons (Fsp3) is 0.308. The average Bonchev–Trinajstić information content (AvgIpc) is 3.37. The lowest BCUT2D eigenvalue weighted by Crippen LogP contribution is -2.25. The molecule has 1 fully saturated rings. The van der Waals surface area contributed by atoms with Gasteiger partial charge in [0.2, 0.25) is 5.95 Å². The molecule has 4 aromatic rings. The van der Waals surface area contributed by atoms with Gasteiger partial charge in [0.1, 0.15) is 18.2 Å². The summed E-state index contributed by atoms with van der Waals surface area (Å²) < 4.78 is 7.58. The fourth-order valence-electron chi connectivity index (χ4n) is 4.38. The molecule has 1 aliphatic heterocycles. The van der Waals surface area contributed by atoms with Crippen molar-refractivity contribution in [3.63, 3.8) is 0 Å². The van der Waals surface area contributed by atoms with Gasteiger partial charge >= 0.3 is 0 Å². The van der Waals surface area contributed by atoms with Crippen LogP contribution in [0.4, 0.5) is 17.5 Å². The normalized spacial score (nSPS) is 13.9. The van der Waals surface area contributed by atoms with Gasteiger partial charge in [-0.05, 0) is 74.1 Å². The van der Waals surface area contributed by atoms with Gasteiger partial charge in [-0.3, -0.25) is 9.69 Å². The van der Waals surface area contributed by atoms with Crippen molar-refractivity contribution in [2.45, 2.75) is 19.8 Å². The molecule has 0 saturated carbocycles. The minimum Gasteiger partial charge on any atom is -0.492 e. The molecule has 1 saturated heterocycles. The van der Waals surface area contributed by atoms with Gasteiger partial charge in [-0.25, -0.2) is 15.0 Å². The first kappa shape index (κ1) is 22.8. The van der Waals surface area contributed by atoms with Crippen LogP contribution in [0.15, 0.2) is 53.7 Å². The zero-order chi connectivity index (χ0) is 24.4. The van der Waals surface area contributed by atoms with Crippen molar-refractivity contribution < 1.29 is 4.74 Å². The number of benzene rings is 1. The molecular weight excluding hydrogens is 442 g/mol. The molecule has 5 rings (SSSR count). The Labute approximate surface area is 203 Å². The highest BCUT2D eigenvalue weighted by molar-refractivity contribution is 5.95. The zero-order valence-corrected chi connectivity index (χ0v) is 20.0. The second kappa shape index (κ2) is 9.71. The van der Waals surface area contributed by atoms with E-state index in [1.807, 2.05) is 37.3 Å². The molecule has 4 heterocycles. The largest absolute Gasteiger partial charge is 0.492 e. The molecule has 9 heteroatoms. The average molecular weight is 472 g/mol. The van der Waals surface area contributed by atoms with Crippen molar-refractivity contribution in [1.82, 2.24) is 24.4 Å². The first-order valence-corrected chi connectivity index (χ1v) is 11.8. The van der Waals surface area contributed by atoms with Gasteiger partial charge in [-0.2, -0.15) is 0 Å². The zero-order valence-electron chi connectivity index (χ0n) is 20.0. The number of nitrogens with zero attached hydrogens (tertiary/aromatic N) is 5. The number of anilines is 3. The van der Waals surface area contributed by atoms with Crippen molar-refractivity contribution >= 4 is 28.2 Å². The summed E-state index contributed by atoms with van der Waals surface area (Å²) in [5.41, 5.74) is 8.70. The monoisotopic (exact) mass is 471 g/mol. The van der Waals surface area contributed by atoms with Crippen molar-refractivity contribution in [1.29, 1.82) is 0 Å². The van der Waals surface area contributed by atoms with E-state index in [0.29, 0.717) is 29.1 Å². The standard InChI is InChI=1S/C26H29N7O2/c1-17-13-20(5-6-22(17)35-12-11-33-8-3-4-9-33)30-24-23-18(7-10-32(2)25(23)34)14-21(31-24)19-15-28-26(27)29-16-19/h5-7,10,13-16H,3-4,8-9,11-12H2,1-2H3,(H,30,31)(H2,27,28,29). The van der Waals surface area contributed by atoms with E-state index < -0.39 is 0 Å². The maximum Gasteiger partial charge on any atom is 0.261 e. The van der Waals surface area contributed by atoms with E-state index in [0.717, 1.165) is 42.0 Å². The topological polar surface area (TPSA) is 111 Å². The molecule has 180 valence electrons. The van der Waals surface area contributed by atoms with E-state index in [2.05, 4.69) is 20.2 Å². The maximum absolute atomic E-state index is 13.0. The van der Waals surface area contributed by atoms with E-state index in [1.54, 1.807) is 30.2 Å². The molecule has 9 nitrogen and oxygen atoms in total. The SMILES string of the molecule is Cc1cc(Nc2nc(-c3cnc(N)nc3)cc3ccn(C)c(=O)c23)ccc1OCCN1CCCC1. The number of fused-ring (bicyclic) bond motifs is 1. The number of nitrogen functional groups attached to an aromatic ring is 1. The Bertz CT molecular complexity index is 1410. The fourth-order valence-corrected chi connectivity index (χ4v) is 4.38. The van der Waals surface area contributed by atoms with Crippen LogP contribution in [0.3, 0.4) is 0 Å². The van der Waals surface area contributed by atoms with E-state index >= 15 is 0 Å². The molecule has 35 heavy (non-hydrogen) atoms. The predicted molar refractivity (Wildman–Crippen MR) is 138 cm³/mol. The number of aromatic nitrogens is 4. The number of nitrogens with two attached hydrogens (primary N) is 1. The van der Waals surface area contributed by atoms with Crippen molar-refractivity contribution in [3.8, 4) is 17.0 Å². The van der Waals surface area contributed by atoms with Crippen LogP contribution in [0.5, 0.6) is 5.75 Å². The summed E-state index contributed by atoms with van der Waals surface area (Å²) in [5, 5.41) is 4.64. The van der Waals surface area contributed by atoms with E-state index in [-0.39, 0.29) is 11.5 Å². The van der Waals surface area contributed by atoms with E-state index in [4.69, 9.17) is 15.5 Å². The molecule has 1 aromatic carbocycles. The minimum atomic E-state index is -0.129. The molecule has 0 radical (unpaired) electrons. The Kier molecular flexibility index (Phi) is 6.33. The molecule has 0 spiro atoms. The molecule has 0 unspecified atom stereocenters. The van der Waals surface area contributed by atoms with Gasteiger partial charge in [0.25, 0.3) is 5.56 Å². The third-order valence-electron chi connectivity index (χ3n) is 6.33. The van der Waals surface area contributed by atoms with Crippen molar-refractivity contribution in [2.24, 2.45) is 7.05 Å². The molecular formula is C26H29N7O2. The molecule has 0 atom stereocenters. The number of hydrogen-bond acceptors (Lipinski definition) is 8. The van der Waals surface area contributed by atoms with Gasteiger partial charge < -0.3 is 20.4 Å². The van der Waals surface area contributed by atoms with Gasteiger partial charge in [-0.1, -0.05) is 0 Å². The second-order valence-electron chi connectivity index (χ2n) is 8.88. The highest BCUT2D eigenvalue weighted by atomic mass is 16.5. The first-order chi connectivity index (χ1) is 17.0. The van der Waals surface area contributed by atoms with Gasteiger partial charge in [0.05, 0.1) is 11.1 Å². The smallest absolute Gasteiger partial charge is 0.261 e. The molecule has 1 aliphatic rings. The summed E-state index contributed by atoms with van der Waals surface area (Å²) in [7, 11) is 1.73. The van der Waals surface area contributed by atoms with Crippen LogP contribution in [0, 0.1) is 6.92 Å². The Hall–Kier alpha value is -3.98. The lowest BCUT2D eigenvalue weighted by atomic mass is 10.1. The molecule has 0 aliphatic carbocycles. The van der Waals surface area contributed by atoms with Crippen LogP contribution >= 0.6 is 0 Å². The van der Waals surface area contributed by atoms with Crippen LogP contribution in [0.1, 0.15) is 18.4 Å². The van der Waals surface area contributed by atoms with Crippen molar-refractivity contribution in [2.75, 3.05) is 37.3 Å². The summed E-state index contributed by atoms with van der Waals surface area (Å²) in [6, 6.07) is 9.66. The molecule has 0 bridgehead atoms. The minimum absolute atomic E-state index is 0.129. The number of rotatable bonds is 7.